The SMILES string of the molecule is CN1CCNC(c2ccccc2)C1.Cl.Cl. The first-order valence-electron chi connectivity index (χ1n) is 4.83. The van der Waals surface area contributed by atoms with Gasteiger partial charge in [-0.1, -0.05) is 30.3 Å². The van der Waals surface area contributed by atoms with Crippen LogP contribution >= 0.6 is 24.8 Å². The summed E-state index contributed by atoms with van der Waals surface area (Å²) in [6.45, 7) is 3.36. The van der Waals surface area contributed by atoms with E-state index in [1.165, 1.54) is 5.56 Å². The fraction of sp³-hybridized carbons (Fsp3) is 0.455. The zero-order valence-electron chi connectivity index (χ0n) is 8.85. The molecule has 86 valence electrons. The Morgan fingerprint density at radius 1 is 1.20 bits per heavy atom. The summed E-state index contributed by atoms with van der Waals surface area (Å²) >= 11 is 0. The van der Waals surface area contributed by atoms with Crippen molar-refractivity contribution in [2.75, 3.05) is 26.7 Å². The molecule has 0 spiro atoms. The molecule has 1 aromatic rings. The fourth-order valence-electron chi connectivity index (χ4n) is 1.81. The molecule has 1 unspecified atom stereocenters. The average molecular weight is 249 g/mol. The summed E-state index contributed by atoms with van der Waals surface area (Å²) in [6.07, 6.45) is 0. The van der Waals surface area contributed by atoms with Crippen LogP contribution in [0.1, 0.15) is 11.6 Å². The van der Waals surface area contributed by atoms with Crippen molar-refractivity contribution in [2.45, 2.75) is 6.04 Å². The van der Waals surface area contributed by atoms with Gasteiger partial charge in [-0.25, -0.2) is 0 Å². The highest BCUT2D eigenvalue weighted by Gasteiger charge is 2.16. The number of nitrogens with zero attached hydrogens (tertiary/aromatic N) is 1. The Labute approximate surface area is 104 Å². The third-order valence-corrected chi connectivity index (χ3v) is 2.58. The van der Waals surface area contributed by atoms with Crippen LogP contribution in [0, 0.1) is 0 Å². The maximum absolute atomic E-state index is 3.52. The summed E-state index contributed by atoms with van der Waals surface area (Å²) in [6, 6.07) is 11.2. The van der Waals surface area contributed by atoms with Crippen LogP contribution in [0.4, 0.5) is 0 Å². The van der Waals surface area contributed by atoms with E-state index in [0.717, 1.165) is 19.6 Å². The molecule has 4 heteroatoms. The molecule has 0 aliphatic carbocycles. The number of rotatable bonds is 1. The Kier molecular flexibility index (Phi) is 6.94. The number of nitrogens with one attached hydrogen (secondary N) is 1. The van der Waals surface area contributed by atoms with Crippen molar-refractivity contribution >= 4 is 24.8 Å². The number of benzene rings is 1. The second-order valence-electron chi connectivity index (χ2n) is 3.68. The summed E-state index contributed by atoms with van der Waals surface area (Å²) in [5.74, 6) is 0. The minimum atomic E-state index is 0. The van der Waals surface area contributed by atoms with Crippen LogP contribution < -0.4 is 5.32 Å². The highest BCUT2D eigenvalue weighted by molar-refractivity contribution is 5.85. The van der Waals surface area contributed by atoms with Crippen molar-refractivity contribution in [3.05, 3.63) is 35.9 Å². The van der Waals surface area contributed by atoms with Crippen LogP contribution in [0.5, 0.6) is 0 Å². The monoisotopic (exact) mass is 248 g/mol. The Bertz CT molecular complexity index is 267. The van der Waals surface area contributed by atoms with Crippen molar-refractivity contribution in [1.29, 1.82) is 0 Å². The molecule has 2 nitrogen and oxygen atoms in total. The number of hydrogen-bond acceptors (Lipinski definition) is 2. The van der Waals surface area contributed by atoms with Gasteiger partial charge in [0.05, 0.1) is 0 Å². The molecule has 1 aromatic carbocycles. The van der Waals surface area contributed by atoms with E-state index in [9.17, 15) is 0 Å². The van der Waals surface area contributed by atoms with E-state index < -0.39 is 0 Å². The number of likely N-dealkylation sites (N-methyl/N-ethyl adjacent to an activating group) is 1. The molecule has 0 saturated carbocycles. The van der Waals surface area contributed by atoms with E-state index in [-0.39, 0.29) is 24.8 Å². The van der Waals surface area contributed by atoms with Crippen molar-refractivity contribution in [1.82, 2.24) is 10.2 Å². The molecular weight excluding hydrogens is 231 g/mol. The summed E-state index contributed by atoms with van der Waals surface area (Å²) in [7, 11) is 2.18. The summed E-state index contributed by atoms with van der Waals surface area (Å²) < 4.78 is 0. The Balaban J connectivity index is 0.000000980. The average Bonchev–Trinajstić information content (AvgIpc) is 2.19. The molecule has 0 aromatic heterocycles. The zero-order chi connectivity index (χ0) is 9.10. The third-order valence-electron chi connectivity index (χ3n) is 2.58. The number of halogens is 2. The van der Waals surface area contributed by atoms with Crippen LogP contribution in [0.2, 0.25) is 0 Å². The van der Waals surface area contributed by atoms with Crippen LogP contribution in [0.25, 0.3) is 0 Å². The maximum atomic E-state index is 3.52. The maximum Gasteiger partial charge on any atom is 0.0449 e. The summed E-state index contributed by atoms with van der Waals surface area (Å²) in [4.78, 5) is 2.37. The van der Waals surface area contributed by atoms with Crippen molar-refractivity contribution in [3.63, 3.8) is 0 Å². The van der Waals surface area contributed by atoms with Crippen molar-refractivity contribution in [3.8, 4) is 0 Å². The predicted octanol–water partition coefficient (Wildman–Crippen LogP) is 2.11. The highest BCUT2D eigenvalue weighted by atomic mass is 35.5. The van der Waals surface area contributed by atoms with E-state index in [0.29, 0.717) is 6.04 Å². The van der Waals surface area contributed by atoms with E-state index in [4.69, 9.17) is 0 Å². The molecule has 1 atom stereocenters. The second-order valence-corrected chi connectivity index (χ2v) is 3.68. The fourth-order valence-corrected chi connectivity index (χ4v) is 1.81. The largest absolute Gasteiger partial charge is 0.308 e. The first kappa shape index (κ1) is 14.7. The van der Waals surface area contributed by atoms with Gasteiger partial charge in [0.15, 0.2) is 0 Å². The van der Waals surface area contributed by atoms with Crippen molar-refractivity contribution < 1.29 is 0 Å². The Hall–Kier alpha value is -0.280. The number of piperazine rings is 1. The van der Waals surface area contributed by atoms with Gasteiger partial charge in [0.2, 0.25) is 0 Å². The topological polar surface area (TPSA) is 15.3 Å². The Morgan fingerprint density at radius 2 is 1.87 bits per heavy atom. The normalized spacial score (nSPS) is 21.3. The first-order chi connectivity index (χ1) is 6.36. The lowest BCUT2D eigenvalue weighted by Gasteiger charge is -2.31. The van der Waals surface area contributed by atoms with Gasteiger partial charge in [-0.2, -0.15) is 0 Å². The molecule has 0 amide bonds. The smallest absolute Gasteiger partial charge is 0.0449 e. The van der Waals surface area contributed by atoms with E-state index >= 15 is 0 Å². The van der Waals surface area contributed by atoms with Gasteiger partial charge in [-0.05, 0) is 12.6 Å². The molecule has 1 N–H and O–H groups in total. The molecule has 1 heterocycles. The van der Waals surface area contributed by atoms with Gasteiger partial charge < -0.3 is 10.2 Å². The molecule has 1 aliphatic rings. The minimum Gasteiger partial charge on any atom is -0.308 e. The lowest BCUT2D eigenvalue weighted by molar-refractivity contribution is 0.241. The first-order valence-corrected chi connectivity index (χ1v) is 4.83. The van der Waals surface area contributed by atoms with Crippen LogP contribution in [0.15, 0.2) is 30.3 Å². The minimum absolute atomic E-state index is 0. The van der Waals surface area contributed by atoms with Crippen LogP contribution in [-0.4, -0.2) is 31.6 Å². The Morgan fingerprint density at radius 3 is 2.47 bits per heavy atom. The standard InChI is InChI=1S/C11H16N2.2ClH/c1-13-8-7-12-11(9-13)10-5-3-2-4-6-10;;/h2-6,11-12H,7-9H2,1H3;2*1H. The molecule has 0 bridgehead atoms. The van der Waals surface area contributed by atoms with Crippen LogP contribution in [-0.2, 0) is 0 Å². The predicted molar refractivity (Wildman–Crippen MR) is 69.2 cm³/mol. The molecular formula is C11H18Cl2N2. The number of hydrogen-bond donors (Lipinski definition) is 1. The van der Waals surface area contributed by atoms with Gasteiger partial charge >= 0.3 is 0 Å². The lowest BCUT2D eigenvalue weighted by atomic mass is 10.1. The van der Waals surface area contributed by atoms with Gasteiger partial charge in [0.1, 0.15) is 0 Å². The zero-order valence-corrected chi connectivity index (χ0v) is 10.5. The van der Waals surface area contributed by atoms with Gasteiger partial charge in [0.25, 0.3) is 0 Å². The molecule has 1 fully saturated rings. The molecule has 2 rings (SSSR count). The highest BCUT2D eigenvalue weighted by Crippen LogP contribution is 2.15. The van der Waals surface area contributed by atoms with Gasteiger partial charge in [0, 0.05) is 25.7 Å². The van der Waals surface area contributed by atoms with Gasteiger partial charge in [-0.15, -0.1) is 24.8 Å². The molecule has 0 radical (unpaired) electrons. The van der Waals surface area contributed by atoms with E-state index in [2.05, 4.69) is 47.6 Å². The van der Waals surface area contributed by atoms with Crippen molar-refractivity contribution in [2.24, 2.45) is 0 Å². The van der Waals surface area contributed by atoms with E-state index in [1.807, 2.05) is 0 Å². The quantitative estimate of drug-likeness (QED) is 0.820. The third kappa shape index (κ3) is 3.99. The summed E-state index contributed by atoms with van der Waals surface area (Å²) in [5.41, 5.74) is 1.40. The van der Waals surface area contributed by atoms with Crippen LogP contribution in [0.3, 0.4) is 0 Å². The summed E-state index contributed by atoms with van der Waals surface area (Å²) in [5, 5.41) is 3.52. The molecule has 15 heavy (non-hydrogen) atoms. The molecule has 1 aliphatic heterocycles. The second kappa shape index (κ2) is 7.07. The van der Waals surface area contributed by atoms with Gasteiger partial charge in [-0.3, -0.25) is 0 Å². The van der Waals surface area contributed by atoms with E-state index in [1.54, 1.807) is 0 Å². The molecule has 1 saturated heterocycles. The lowest BCUT2D eigenvalue weighted by Crippen LogP contribution is -2.43.